The van der Waals surface area contributed by atoms with Gasteiger partial charge in [-0.2, -0.15) is 13.2 Å². The summed E-state index contributed by atoms with van der Waals surface area (Å²) in [5.74, 6) is -2.85. The predicted molar refractivity (Wildman–Crippen MR) is 105 cm³/mol. The van der Waals surface area contributed by atoms with Gasteiger partial charge in [-0.25, -0.2) is 0 Å². The van der Waals surface area contributed by atoms with Gasteiger partial charge in [-0.05, 0) is 29.8 Å². The largest absolute Gasteiger partial charge is 0.506 e. The van der Waals surface area contributed by atoms with Crippen molar-refractivity contribution in [1.29, 1.82) is 0 Å². The Morgan fingerprint density at radius 1 is 1.16 bits per heavy atom. The molecule has 1 aromatic heterocycles. The van der Waals surface area contributed by atoms with Crippen molar-refractivity contribution < 1.29 is 37.7 Å². The van der Waals surface area contributed by atoms with Crippen LogP contribution in [0.2, 0.25) is 0 Å². The fourth-order valence-electron chi connectivity index (χ4n) is 3.67. The molecule has 0 bridgehead atoms. The first kappa shape index (κ1) is 21.2. The highest BCUT2D eigenvalue weighted by Crippen LogP contribution is 2.39. The van der Waals surface area contributed by atoms with Crippen molar-refractivity contribution in [2.45, 2.75) is 12.2 Å². The van der Waals surface area contributed by atoms with E-state index in [9.17, 15) is 32.7 Å². The number of aliphatic carboxylic acids is 1. The molecule has 8 nitrogen and oxygen atoms in total. The molecule has 3 N–H and O–H groups in total. The van der Waals surface area contributed by atoms with Gasteiger partial charge in [-0.1, -0.05) is 18.2 Å². The molecule has 11 heteroatoms. The van der Waals surface area contributed by atoms with Gasteiger partial charge in [0.05, 0.1) is 17.1 Å². The molecule has 0 spiro atoms. The quantitative estimate of drug-likeness (QED) is 0.565. The Hall–Kier alpha value is -4.02. The maximum Gasteiger partial charge on any atom is 0.416 e. The molecule has 2 aromatic carbocycles. The van der Waals surface area contributed by atoms with Crippen molar-refractivity contribution in [3.05, 3.63) is 69.5 Å². The molecule has 0 radical (unpaired) electrons. The minimum atomic E-state index is -4.54. The van der Waals surface area contributed by atoms with Crippen molar-refractivity contribution in [2.24, 2.45) is 0 Å². The van der Waals surface area contributed by atoms with E-state index in [1.165, 1.54) is 28.8 Å². The van der Waals surface area contributed by atoms with Gasteiger partial charge in [0.25, 0.3) is 11.5 Å². The fourth-order valence-corrected chi connectivity index (χ4v) is 3.67. The summed E-state index contributed by atoms with van der Waals surface area (Å²) in [4.78, 5) is 36.5. The summed E-state index contributed by atoms with van der Waals surface area (Å²) >= 11 is 0. The molecule has 0 saturated heterocycles. The molecule has 0 fully saturated rings. The van der Waals surface area contributed by atoms with Gasteiger partial charge in [-0.15, -0.1) is 0 Å². The zero-order valence-electron chi connectivity index (χ0n) is 16.1. The lowest BCUT2D eigenvalue weighted by Crippen LogP contribution is -2.39. The van der Waals surface area contributed by atoms with Crippen LogP contribution in [-0.4, -0.2) is 39.8 Å². The summed E-state index contributed by atoms with van der Waals surface area (Å²) in [5, 5.41) is 21.5. The second kappa shape index (κ2) is 7.59. The van der Waals surface area contributed by atoms with Gasteiger partial charge >= 0.3 is 12.1 Å². The third-order valence-electron chi connectivity index (χ3n) is 5.12. The standard InChI is InChI=1S/C21H15F3N2O6/c22-21(23,24)11-6-4-10(5-7-11)13-9-32-14-3-1-2-12-17(14)26(13)20(31)16(18(12)29)19(30)25-8-15(27)28/h1-7,13,29H,8-9H2,(H,25,30)(H,27,28). The zero-order valence-corrected chi connectivity index (χ0v) is 16.1. The van der Waals surface area contributed by atoms with Crippen LogP contribution in [0.4, 0.5) is 13.2 Å². The van der Waals surface area contributed by atoms with Gasteiger partial charge in [0.2, 0.25) is 0 Å². The van der Waals surface area contributed by atoms with Crippen LogP contribution in [-0.2, 0) is 11.0 Å². The number of nitrogens with one attached hydrogen (secondary N) is 1. The van der Waals surface area contributed by atoms with Crippen LogP contribution in [0.15, 0.2) is 47.3 Å². The number of nitrogens with zero attached hydrogens (tertiary/aromatic N) is 1. The van der Waals surface area contributed by atoms with E-state index in [-0.39, 0.29) is 23.3 Å². The van der Waals surface area contributed by atoms with Gasteiger partial charge in [0, 0.05) is 5.39 Å². The van der Waals surface area contributed by atoms with Crippen LogP contribution in [0, 0.1) is 0 Å². The van der Waals surface area contributed by atoms with E-state index in [0.717, 1.165) is 12.1 Å². The lowest BCUT2D eigenvalue weighted by molar-refractivity contribution is -0.138. The maximum absolute atomic E-state index is 13.3. The number of rotatable bonds is 4. The Labute approximate surface area is 177 Å². The van der Waals surface area contributed by atoms with Crippen molar-refractivity contribution in [2.75, 3.05) is 13.2 Å². The number of aromatic nitrogens is 1. The normalized spacial score (nSPS) is 15.3. The van der Waals surface area contributed by atoms with Crippen molar-refractivity contribution in [3.8, 4) is 11.5 Å². The number of para-hydroxylation sites is 1. The van der Waals surface area contributed by atoms with E-state index in [1.54, 1.807) is 6.07 Å². The van der Waals surface area contributed by atoms with Crippen molar-refractivity contribution >= 4 is 22.8 Å². The molecular formula is C21H15F3N2O6. The minimum absolute atomic E-state index is 0.0965. The number of carbonyl (C=O) groups excluding carboxylic acids is 1. The SMILES string of the molecule is O=C(O)CNC(=O)c1c(O)c2cccc3c2n(c1=O)C(c1ccc(C(F)(F)F)cc1)CO3. The van der Waals surface area contributed by atoms with Crippen LogP contribution < -0.4 is 15.6 Å². The third-order valence-corrected chi connectivity index (χ3v) is 5.12. The molecule has 1 atom stereocenters. The number of carbonyl (C=O) groups is 2. The molecule has 0 aliphatic carbocycles. The van der Waals surface area contributed by atoms with Crippen LogP contribution in [0.25, 0.3) is 10.9 Å². The van der Waals surface area contributed by atoms with Crippen molar-refractivity contribution in [3.63, 3.8) is 0 Å². The number of carboxylic acid groups (broad SMARTS) is 1. The first-order valence-electron chi connectivity index (χ1n) is 9.29. The first-order chi connectivity index (χ1) is 15.1. The predicted octanol–water partition coefficient (Wildman–Crippen LogP) is 2.52. The zero-order chi connectivity index (χ0) is 23.2. The van der Waals surface area contributed by atoms with E-state index in [0.29, 0.717) is 5.56 Å². The monoisotopic (exact) mass is 448 g/mol. The molecule has 166 valence electrons. The molecule has 32 heavy (non-hydrogen) atoms. The molecule has 1 unspecified atom stereocenters. The Kier molecular flexibility index (Phi) is 5.03. The Morgan fingerprint density at radius 2 is 1.84 bits per heavy atom. The Balaban J connectivity index is 1.91. The lowest BCUT2D eigenvalue weighted by Gasteiger charge is -2.29. The molecule has 1 amide bonds. The van der Waals surface area contributed by atoms with E-state index in [4.69, 9.17) is 9.84 Å². The van der Waals surface area contributed by atoms with Gasteiger partial charge < -0.3 is 20.3 Å². The van der Waals surface area contributed by atoms with E-state index < -0.39 is 53.1 Å². The van der Waals surface area contributed by atoms with Gasteiger partial charge in [0.15, 0.2) is 0 Å². The minimum Gasteiger partial charge on any atom is -0.506 e. The van der Waals surface area contributed by atoms with Crippen LogP contribution >= 0.6 is 0 Å². The Bertz CT molecular complexity index is 1300. The number of aromatic hydroxyl groups is 1. The van der Waals surface area contributed by atoms with E-state index >= 15 is 0 Å². The number of alkyl halides is 3. The number of hydrogen-bond donors (Lipinski definition) is 3. The molecule has 0 saturated carbocycles. The molecule has 3 aromatic rings. The smallest absolute Gasteiger partial charge is 0.416 e. The molecule has 4 rings (SSSR count). The van der Waals surface area contributed by atoms with Gasteiger partial charge in [0.1, 0.15) is 30.2 Å². The van der Waals surface area contributed by atoms with E-state index in [2.05, 4.69) is 0 Å². The summed E-state index contributed by atoms with van der Waals surface area (Å²) in [6.07, 6.45) is -4.54. The summed E-state index contributed by atoms with van der Waals surface area (Å²) in [6, 6.07) is 7.79. The Morgan fingerprint density at radius 3 is 2.47 bits per heavy atom. The summed E-state index contributed by atoms with van der Waals surface area (Å²) in [5.41, 5.74) is -1.98. The number of ether oxygens (including phenoxy) is 1. The number of hydrogen-bond acceptors (Lipinski definition) is 5. The molecule has 1 aliphatic rings. The third kappa shape index (κ3) is 3.51. The fraction of sp³-hybridized carbons (Fsp3) is 0.190. The highest BCUT2D eigenvalue weighted by Gasteiger charge is 2.33. The van der Waals surface area contributed by atoms with Crippen molar-refractivity contribution in [1.82, 2.24) is 9.88 Å². The van der Waals surface area contributed by atoms with Crippen LogP contribution in [0.3, 0.4) is 0 Å². The number of carboxylic acids is 1. The maximum atomic E-state index is 13.3. The van der Waals surface area contributed by atoms with Crippen LogP contribution in [0.1, 0.15) is 27.5 Å². The number of halogens is 3. The second-order valence-electron chi connectivity index (χ2n) is 7.07. The van der Waals surface area contributed by atoms with E-state index in [1.807, 2.05) is 5.32 Å². The highest BCUT2D eigenvalue weighted by atomic mass is 19.4. The topological polar surface area (TPSA) is 118 Å². The highest BCUT2D eigenvalue weighted by molar-refractivity contribution is 6.04. The first-order valence-corrected chi connectivity index (χ1v) is 9.29. The number of pyridine rings is 1. The molecular weight excluding hydrogens is 433 g/mol. The van der Waals surface area contributed by atoms with Crippen LogP contribution in [0.5, 0.6) is 11.5 Å². The average molecular weight is 448 g/mol. The summed E-state index contributed by atoms with van der Waals surface area (Å²) in [6.45, 7) is -0.889. The van der Waals surface area contributed by atoms with Gasteiger partial charge in [-0.3, -0.25) is 19.0 Å². The summed E-state index contributed by atoms with van der Waals surface area (Å²) < 4.78 is 45.6. The molecule has 1 aliphatic heterocycles. The number of benzene rings is 2. The second-order valence-corrected chi connectivity index (χ2v) is 7.07. The lowest BCUT2D eigenvalue weighted by atomic mass is 10.0. The average Bonchev–Trinajstić information content (AvgIpc) is 2.75. The number of amides is 1. The summed E-state index contributed by atoms with van der Waals surface area (Å²) in [7, 11) is 0. The molecule has 2 heterocycles.